The van der Waals surface area contributed by atoms with Crippen molar-refractivity contribution in [3.8, 4) is 0 Å². The van der Waals surface area contributed by atoms with Gasteiger partial charge in [-0.1, -0.05) is 24.3 Å². The van der Waals surface area contributed by atoms with Crippen molar-refractivity contribution in [3.63, 3.8) is 0 Å². The van der Waals surface area contributed by atoms with Crippen LogP contribution in [0.5, 0.6) is 0 Å². The van der Waals surface area contributed by atoms with E-state index in [0.717, 1.165) is 42.0 Å². The number of para-hydroxylation sites is 1. The molecule has 2 amide bonds. The maximum Gasteiger partial charge on any atom is 0.409 e. The van der Waals surface area contributed by atoms with Gasteiger partial charge in [0.15, 0.2) is 0 Å². The lowest BCUT2D eigenvalue weighted by molar-refractivity contribution is -0.112. The molecule has 182 valence electrons. The zero-order valence-electron chi connectivity index (χ0n) is 20.3. The lowest BCUT2D eigenvalue weighted by atomic mass is 9.88. The number of halogens is 1. The third-order valence-electron chi connectivity index (χ3n) is 6.73. The van der Waals surface area contributed by atoms with E-state index >= 15 is 0 Å². The minimum absolute atomic E-state index is 0.153. The summed E-state index contributed by atoms with van der Waals surface area (Å²) in [4.78, 5) is 36.1. The van der Waals surface area contributed by atoms with Crippen LogP contribution in [-0.4, -0.2) is 72.4 Å². The van der Waals surface area contributed by atoms with Crippen molar-refractivity contribution in [1.82, 2.24) is 9.80 Å². The molecule has 0 aliphatic carbocycles. The first-order valence-electron chi connectivity index (χ1n) is 12.0. The average molecular weight is 477 g/mol. The highest BCUT2D eigenvalue weighted by Gasteiger charge is 2.46. The number of hydrogen-bond donors (Lipinski definition) is 0. The molecule has 0 bridgehead atoms. The molecule has 0 N–H and O–H groups in total. The van der Waals surface area contributed by atoms with Crippen LogP contribution in [0.15, 0.2) is 53.5 Å². The number of benzene rings is 2. The predicted molar refractivity (Wildman–Crippen MR) is 134 cm³/mol. The van der Waals surface area contributed by atoms with E-state index in [4.69, 9.17) is 4.74 Å². The normalized spacial score (nSPS) is 20.2. The summed E-state index contributed by atoms with van der Waals surface area (Å²) >= 11 is 0. The van der Waals surface area contributed by atoms with E-state index in [1.54, 1.807) is 17.0 Å². The Morgan fingerprint density at radius 2 is 1.74 bits per heavy atom. The third-order valence-corrected chi connectivity index (χ3v) is 6.73. The lowest BCUT2D eigenvalue weighted by Gasteiger charge is -2.41. The van der Waals surface area contributed by atoms with Crippen LogP contribution < -0.4 is 4.90 Å². The van der Waals surface area contributed by atoms with Crippen molar-refractivity contribution in [2.75, 3.05) is 44.2 Å². The Bertz CT molecular complexity index is 1230. The number of aliphatic imine (C=N–C) groups is 1. The van der Waals surface area contributed by atoms with Crippen LogP contribution in [0, 0.1) is 5.82 Å². The Morgan fingerprint density at radius 3 is 2.43 bits per heavy atom. The number of carbonyl (C=O) groups excluding carboxylic acids is 2. The second-order valence-corrected chi connectivity index (χ2v) is 9.56. The Balaban J connectivity index is 1.44. The molecule has 0 radical (unpaired) electrons. The SMILES string of the molecule is CCOC(=O)N1CCN(CC2=CC(C)(C)N3C(=O)C(=Nc4ccc(F)cc4)c4cccc2c43)CC1. The van der Waals surface area contributed by atoms with E-state index in [2.05, 4.69) is 22.0 Å². The molecule has 0 spiro atoms. The maximum atomic E-state index is 13.5. The van der Waals surface area contributed by atoms with Crippen LogP contribution in [0.4, 0.5) is 20.6 Å². The molecule has 1 saturated heterocycles. The van der Waals surface area contributed by atoms with Gasteiger partial charge >= 0.3 is 6.09 Å². The molecule has 3 aliphatic rings. The van der Waals surface area contributed by atoms with Crippen molar-refractivity contribution in [2.45, 2.75) is 26.3 Å². The van der Waals surface area contributed by atoms with Gasteiger partial charge in [-0.3, -0.25) is 14.6 Å². The Hall–Kier alpha value is -3.52. The van der Waals surface area contributed by atoms with Crippen LogP contribution in [0.25, 0.3) is 5.57 Å². The Kier molecular flexibility index (Phi) is 5.92. The fourth-order valence-electron chi connectivity index (χ4n) is 5.10. The third kappa shape index (κ3) is 4.23. The number of ether oxygens (including phenoxy) is 1. The number of carbonyl (C=O) groups is 2. The molecule has 8 heteroatoms. The van der Waals surface area contributed by atoms with Gasteiger partial charge in [0.1, 0.15) is 11.5 Å². The molecule has 35 heavy (non-hydrogen) atoms. The zero-order valence-corrected chi connectivity index (χ0v) is 20.3. The number of anilines is 1. The molecule has 1 fully saturated rings. The maximum absolute atomic E-state index is 13.5. The van der Waals surface area contributed by atoms with Gasteiger partial charge in [0.05, 0.1) is 23.5 Å². The van der Waals surface area contributed by atoms with Crippen molar-refractivity contribution in [3.05, 3.63) is 65.5 Å². The fraction of sp³-hybridized carbons (Fsp3) is 0.370. The van der Waals surface area contributed by atoms with E-state index in [1.807, 2.05) is 37.8 Å². The molecule has 2 aromatic rings. The summed E-state index contributed by atoms with van der Waals surface area (Å²) in [5, 5.41) is 0. The summed E-state index contributed by atoms with van der Waals surface area (Å²) in [5.74, 6) is -0.493. The van der Waals surface area contributed by atoms with Crippen LogP contribution >= 0.6 is 0 Å². The summed E-state index contributed by atoms with van der Waals surface area (Å²) in [7, 11) is 0. The monoisotopic (exact) mass is 476 g/mol. The van der Waals surface area contributed by atoms with E-state index in [0.29, 0.717) is 31.1 Å². The first kappa shape index (κ1) is 23.2. The van der Waals surface area contributed by atoms with E-state index < -0.39 is 5.54 Å². The molecule has 0 unspecified atom stereocenters. The zero-order chi connectivity index (χ0) is 24.7. The number of piperazine rings is 1. The fourth-order valence-corrected chi connectivity index (χ4v) is 5.10. The summed E-state index contributed by atoms with van der Waals surface area (Å²) in [6, 6.07) is 11.8. The van der Waals surface area contributed by atoms with Crippen molar-refractivity contribution >= 4 is 34.7 Å². The van der Waals surface area contributed by atoms with Gasteiger partial charge in [-0.2, -0.15) is 0 Å². The molecule has 3 heterocycles. The molecule has 0 saturated carbocycles. The largest absolute Gasteiger partial charge is 0.450 e. The number of nitrogens with zero attached hydrogens (tertiary/aromatic N) is 4. The van der Waals surface area contributed by atoms with Gasteiger partial charge in [-0.05, 0) is 50.6 Å². The molecule has 2 aromatic carbocycles. The second kappa shape index (κ2) is 8.92. The summed E-state index contributed by atoms with van der Waals surface area (Å²) < 4.78 is 18.5. The summed E-state index contributed by atoms with van der Waals surface area (Å²) in [6.07, 6.45) is 1.91. The smallest absolute Gasteiger partial charge is 0.409 e. The first-order chi connectivity index (χ1) is 16.8. The van der Waals surface area contributed by atoms with Crippen molar-refractivity contribution in [2.24, 2.45) is 4.99 Å². The highest BCUT2D eigenvalue weighted by atomic mass is 19.1. The van der Waals surface area contributed by atoms with Crippen LogP contribution in [0.2, 0.25) is 0 Å². The van der Waals surface area contributed by atoms with Crippen molar-refractivity contribution < 1.29 is 18.7 Å². The molecule has 3 aliphatic heterocycles. The first-order valence-corrected chi connectivity index (χ1v) is 12.0. The second-order valence-electron chi connectivity index (χ2n) is 9.56. The highest BCUT2D eigenvalue weighted by molar-refractivity contribution is 6.55. The van der Waals surface area contributed by atoms with Crippen LogP contribution in [-0.2, 0) is 9.53 Å². The highest BCUT2D eigenvalue weighted by Crippen LogP contribution is 2.46. The van der Waals surface area contributed by atoms with Gasteiger partial charge in [0, 0.05) is 43.9 Å². The van der Waals surface area contributed by atoms with E-state index in [1.165, 1.54) is 12.1 Å². The predicted octanol–water partition coefficient (Wildman–Crippen LogP) is 4.24. The Morgan fingerprint density at radius 1 is 1.06 bits per heavy atom. The molecular weight excluding hydrogens is 447 g/mol. The van der Waals surface area contributed by atoms with Gasteiger partial charge in [0.25, 0.3) is 5.91 Å². The van der Waals surface area contributed by atoms with Crippen LogP contribution in [0.1, 0.15) is 31.9 Å². The molecule has 0 aromatic heterocycles. The van der Waals surface area contributed by atoms with Crippen molar-refractivity contribution in [1.29, 1.82) is 0 Å². The number of amides is 2. The average Bonchev–Trinajstić information content (AvgIpc) is 3.12. The molecular formula is C27H29FN4O3. The lowest BCUT2D eigenvalue weighted by Crippen LogP contribution is -2.50. The van der Waals surface area contributed by atoms with E-state index in [-0.39, 0.29) is 17.8 Å². The summed E-state index contributed by atoms with van der Waals surface area (Å²) in [6.45, 7) is 9.74. The minimum atomic E-state index is -0.539. The van der Waals surface area contributed by atoms with Gasteiger partial charge in [-0.25, -0.2) is 14.2 Å². The van der Waals surface area contributed by atoms with Gasteiger partial charge < -0.3 is 9.64 Å². The minimum Gasteiger partial charge on any atom is -0.450 e. The summed E-state index contributed by atoms with van der Waals surface area (Å²) in [5.41, 5.74) is 4.23. The molecule has 7 nitrogen and oxygen atoms in total. The number of hydrogen-bond acceptors (Lipinski definition) is 5. The molecule has 5 rings (SSSR count). The standard InChI is InChI=1S/C27H29FN4O3/c1-4-35-26(34)31-14-12-30(13-15-31)17-18-16-27(2,3)32-24-21(18)6-5-7-22(24)23(25(32)33)29-20-10-8-19(28)9-11-20/h5-11,16H,4,12-15,17H2,1-3H3. The topological polar surface area (TPSA) is 65.5 Å². The van der Waals surface area contributed by atoms with Gasteiger partial charge in [-0.15, -0.1) is 0 Å². The quantitative estimate of drug-likeness (QED) is 0.662. The Labute approximate surface area is 204 Å². The number of rotatable bonds is 4. The van der Waals surface area contributed by atoms with E-state index in [9.17, 15) is 14.0 Å². The van der Waals surface area contributed by atoms with Gasteiger partial charge in [0.2, 0.25) is 0 Å². The molecule has 0 atom stereocenters. The van der Waals surface area contributed by atoms with Crippen LogP contribution in [0.3, 0.4) is 0 Å².